The molecule has 4 heterocycles. The van der Waals surface area contributed by atoms with Crippen molar-refractivity contribution in [3.8, 4) is 5.75 Å². The van der Waals surface area contributed by atoms with Crippen molar-refractivity contribution in [2.75, 3.05) is 12.3 Å². The Kier molecular flexibility index (Phi) is 5.29. The van der Waals surface area contributed by atoms with Crippen LogP contribution >= 0.6 is 7.82 Å². The van der Waals surface area contributed by atoms with E-state index in [1.165, 1.54) is 6.07 Å². The Labute approximate surface area is 188 Å². The number of nitrogen functional groups attached to an aromatic ring is 1. The van der Waals surface area contributed by atoms with Gasteiger partial charge in [-0.3, -0.25) is 13.6 Å². The molecule has 0 bridgehead atoms. The Morgan fingerprint density at radius 3 is 2.82 bits per heavy atom. The van der Waals surface area contributed by atoms with Crippen molar-refractivity contribution in [1.82, 2.24) is 19.5 Å². The highest BCUT2D eigenvalue weighted by Gasteiger charge is 2.74. The molecule has 2 aliphatic rings. The van der Waals surface area contributed by atoms with E-state index in [1.807, 2.05) is 0 Å². The number of hydrogen-bond donors (Lipinski definition) is 2. The third-order valence-electron chi connectivity index (χ3n) is 5.55. The van der Waals surface area contributed by atoms with Crippen LogP contribution in [0.4, 0.5) is 23.4 Å². The number of nitrogens with zero attached hydrogens (tertiary/aromatic N) is 4. The number of ether oxygens (including phenoxy) is 1. The molecule has 2 aliphatic heterocycles. The molecule has 0 radical (unpaired) electrons. The highest BCUT2D eigenvalue weighted by Crippen LogP contribution is 2.58. The summed E-state index contributed by atoms with van der Waals surface area (Å²) in [6, 6.07) is 6.23. The van der Waals surface area contributed by atoms with E-state index in [0.717, 1.165) is 17.2 Å². The maximum Gasteiger partial charge on any atom is 0.530 e. The van der Waals surface area contributed by atoms with E-state index in [2.05, 4.69) is 15.0 Å². The quantitative estimate of drug-likeness (QED) is 0.392. The molecule has 0 spiro atoms. The summed E-state index contributed by atoms with van der Waals surface area (Å²) in [5.41, 5.74) is 2.29. The molecule has 0 saturated carbocycles. The molecule has 1 saturated heterocycles. The molecular weight excluding hydrogens is 489 g/mol. The highest BCUT2D eigenvalue weighted by atomic mass is 31.2. The molecule has 11 nitrogen and oxygen atoms in total. The monoisotopic (exact) mass is 505 g/mol. The Balaban J connectivity index is 1.46. The van der Waals surface area contributed by atoms with Gasteiger partial charge in [-0.25, -0.2) is 28.3 Å². The molecule has 1 fully saturated rings. The minimum atomic E-state index is -4.58. The van der Waals surface area contributed by atoms with E-state index < -0.39 is 44.7 Å². The van der Waals surface area contributed by atoms with Crippen molar-refractivity contribution in [2.45, 2.75) is 36.9 Å². The smallest absolute Gasteiger partial charge is 0.404 e. The van der Waals surface area contributed by atoms with Crippen LogP contribution in [0.15, 0.2) is 36.9 Å². The van der Waals surface area contributed by atoms with E-state index in [0.29, 0.717) is 5.56 Å². The van der Waals surface area contributed by atoms with Crippen LogP contribution in [0.2, 0.25) is 0 Å². The van der Waals surface area contributed by atoms with Crippen molar-refractivity contribution < 1.29 is 45.5 Å². The van der Waals surface area contributed by atoms with Gasteiger partial charge >= 0.3 is 13.7 Å². The molecule has 2 aromatic heterocycles. The zero-order chi connectivity index (χ0) is 24.3. The molecule has 5 rings (SSSR count). The Bertz CT molecular complexity index is 1290. The molecule has 16 heteroatoms. The summed E-state index contributed by atoms with van der Waals surface area (Å²) in [7, 11) is -4.57. The van der Waals surface area contributed by atoms with E-state index in [1.54, 1.807) is 18.2 Å². The highest BCUT2D eigenvalue weighted by molar-refractivity contribution is 7.49. The van der Waals surface area contributed by atoms with Crippen LogP contribution in [0, 0.1) is 0 Å². The molecule has 1 aromatic carbocycles. The number of halogens is 4. The standard InChI is InChI=1S/C18H16F4N5O6P/c19-16(20)17(6-31-34(29)30-5-9-3-1-2-4-10(9)33-34)18(21,22)12(28)15(32-17)27-8-26-11-13(23)24-7-25-14(11)27/h1-4,7-8,12,15-16,28H,5-6H2,(H2,23,24,25)/t12-,15+,17-,34?/m0/s1. The number of fused-ring (bicyclic) bond motifs is 2. The van der Waals surface area contributed by atoms with Crippen molar-refractivity contribution in [1.29, 1.82) is 0 Å². The second-order valence-corrected chi connectivity index (χ2v) is 9.14. The third kappa shape index (κ3) is 3.34. The van der Waals surface area contributed by atoms with Gasteiger partial charge in [0.05, 0.1) is 12.9 Å². The van der Waals surface area contributed by atoms with Gasteiger partial charge in [-0.05, 0) is 6.07 Å². The second kappa shape index (κ2) is 7.85. The minimum absolute atomic E-state index is 0.0143. The Morgan fingerprint density at radius 2 is 2.06 bits per heavy atom. The van der Waals surface area contributed by atoms with Crippen LogP contribution in [-0.2, 0) is 25.0 Å². The van der Waals surface area contributed by atoms with Gasteiger partial charge in [0.1, 0.15) is 24.2 Å². The molecule has 0 aliphatic carbocycles. The topological polar surface area (TPSA) is 144 Å². The SMILES string of the molecule is Nc1ncnc2c1ncn2[C@@H]1O[C@@](COP2(=O)OCc3ccccc3O2)(C(F)F)C(F)(F)[C@H]1O. The number of phosphoric ester groups is 1. The summed E-state index contributed by atoms with van der Waals surface area (Å²) in [5.74, 6) is -4.59. The lowest BCUT2D eigenvalue weighted by Crippen LogP contribution is -2.57. The number of hydrogen-bond acceptors (Lipinski definition) is 10. The van der Waals surface area contributed by atoms with E-state index >= 15 is 8.78 Å². The fraction of sp³-hybridized carbons (Fsp3) is 0.389. The maximum atomic E-state index is 15.2. The molecule has 0 amide bonds. The lowest BCUT2D eigenvalue weighted by Gasteiger charge is -2.34. The van der Waals surface area contributed by atoms with E-state index in [9.17, 15) is 18.5 Å². The van der Waals surface area contributed by atoms with Gasteiger partial charge in [0.15, 0.2) is 23.8 Å². The van der Waals surface area contributed by atoms with Crippen molar-refractivity contribution >= 4 is 24.8 Å². The zero-order valence-electron chi connectivity index (χ0n) is 16.9. The first-order valence-corrected chi connectivity index (χ1v) is 11.2. The van der Waals surface area contributed by atoms with Crippen molar-refractivity contribution in [3.63, 3.8) is 0 Å². The first-order chi connectivity index (χ1) is 16.1. The van der Waals surface area contributed by atoms with Gasteiger partial charge in [-0.2, -0.15) is 8.78 Å². The van der Waals surface area contributed by atoms with Crippen molar-refractivity contribution in [3.05, 3.63) is 42.5 Å². The van der Waals surface area contributed by atoms with Crippen LogP contribution in [0.3, 0.4) is 0 Å². The average Bonchev–Trinajstić information content (AvgIpc) is 3.31. The first kappa shape index (κ1) is 22.9. The van der Waals surface area contributed by atoms with E-state index in [-0.39, 0.29) is 29.3 Å². The van der Waals surface area contributed by atoms with Gasteiger partial charge in [0.2, 0.25) is 5.60 Å². The number of imidazole rings is 1. The molecule has 3 aromatic rings. The van der Waals surface area contributed by atoms with Crippen LogP contribution in [0.1, 0.15) is 11.8 Å². The number of aliphatic hydroxyl groups excluding tert-OH is 1. The summed E-state index contributed by atoms with van der Waals surface area (Å²) in [5, 5.41) is 10.3. The van der Waals surface area contributed by atoms with Gasteiger partial charge in [0.25, 0.3) is 6.43 Å². The number of rotatable bonds is 5. The minimum Gasteiger partial charge on any atom is -0.404 e. The number of aromatic nitrogens is 4. The summed E-state index contributed by atoms with van der Waals surface area (Å²) in [6.07, 6.45) is -6.80. The lowest BCUT2D eigenvalue weighted by molar-refractivity contribution is -0.242. The Hall–Kier alpha value is -2.84. The summed E-state index contributed by atoms with van der Waals surface area (Å²) in [4.78, 5) is 11.4. The van der Waals surface area contributed by atoms with Crippen LogP contribution < -0.4 is 10.3 Å². The van der Waals surface area contributed by atoms with Gasteiger partial charge in [-0.1, -0.05) is 18.2 Å². The van der Waals surface area contributed by atoms with E-state index in [4.69, 9.17) is 24.0 Å². The third-order valence-corrected chi connectivity index (χ3v) is 6.86. The summed E-state index contributed by atoms with van der Waals surface area (Å²) >= 11 is 0. The number of nitrogens with two attached hydrogens (primary N) is 1. The molecule has 34 heavy (non-hydrogen) atoms. The summed E-state index contributed by atoms with van der Waals surface area (Å²) in [6.45, 7) is -1.89. The van der Waals surface area contributed by atoms with Crippen LogP contribution in [-0.4, -0.2) is 55.3 Å². The molecule has 3 N–H and O–H groups in total. The van der Waals surface area contributed by atoms with Crippen molar-refractivity contribution in [2.24, 2.45) is 0 Å². The lowest BCUT2D eigenvalue weighted by atomic mass is 9.95. The van der Waals surface area contributed by atoms with Crippen LogP contribution in [0.25, 0.3) is 11.2 Å². The average molecular weight is 505 g/mol. The first-order valence-electron chi connectivity index (χ1n) is 9.69. The fourth-order valence-electron chi connectivity index (χ4n) is 3.69. The molecule has 4 atom stereocenters. The number of aliphatic hydroxyl groups is 1. The largest absolute Gasteiger partial charge is 0.530 e. The number of para-hydroxylation sites is 1. The molecule has 182 valence electrons. The predicted molar refractivity (Wildman–Crippen MR) is 105 cm³/mol. The number of alkyl halides is 4. The molecular formula is C18H16F4N5O6P. The number of anilines is 1. The fourth-order valence-corrected chi connectivity index (χ4v) is 4.94. The zero-order valence-corrected chi connectivity index (χ0v) is 17.8. The van der Waals surface area contributed by atoms with Gasteiger partial charge < -0.3 is 20.1 Å². The van der Waals surface area contributed by atoms with Gasteiger partial charge in [-0.15, -0.1) is 0 Å². The number of benzene rings is 1. The second-order valence-electron chi connectivity index (χ2n) is 7.54. The predicted octanol–water partition coefficient (Wildman–Crippen LogP) is 2.67. The maximum absolute atomic E-state index is 15.2. The normalized spacial score (nSPS) is 30.4. The molecule has 1 unspecified atom stereocenters. The van der Waals surface area contributed by atoms with Gasteiger partial charge in [0, 0.05) is 5.56 Å². The van der Waals surface area contributed by atoms with Crippen LogP contribution in [0.5, 0.6) is 5.75 Å². The number of phosphoric acid groups is 1. The Morgan fingerprint density at radius 1 is 1.29 bits per heavy atom. The summed E-state index contributed by atoms with van der Waals surface area (Å²) < 4.78 is 92.3.